The zero-order valence-electron chi connectivity index (χ0n) is 19.4. The van der Waals surface area contributed by atoms with Gasteiger partial charge in [0.15, 0.2) is 28.8 Å². The van der Waals surface area contributed by atoms with Crippen molar-refractivity contribution in [3.63, 3.8) is 0 Å². The molecule has 0 aliphatic rings. The summed E-state index contributed by atoms with van der Waals surface area (Å²) in [6, 6.07) is 20.5. The summed E-state index contributed by atoms with van der Waals surface area (Å²) in [4.78, 5) is 4.92. The molecule has 6 nitrogen and oxygen atoms in total. The van der Waals surface area contributed by atoms with E-state index in [0.29, 0.717) is 34.1 Å². The Morgan fingerprint density at radius 3 is 2.42 bits per heavy atom. The predicted octanol–water partition coefficient (Wildman–Crippen LogP) is 6.36. The molecule has 0 aliphatic heterocycles. The Morgan fingerprint density at radius 1 is 0.889 bits per heavy atom. The predicted molar refractivity (Wildman–Crippen MR) is 135 cm³/mol. The molecule has 0 atom stereocenters. The minimum absolute atomic E-state index is 0.126. The molecule has 0 radical (unpaired) electrons. The van der Waals surface area contributed by atoms with Crippen molar-refractivity contribution in [1.82, 2.24) is 14.6 Å². The third-order valence-corrected chi connectivity index (χ3v) is 6.70. The fourth-order valence-electron chi connectivity index (χ4n) is 3.93. The van der Waals surface area contributed by atoms with Crippen molar-refractivity contribution in [2.24, 2.45) is 0 Å². The first-order valence-corrected chi connectivity index (χ1v) is 11.9. The van der Waals surface area contributed by atoms with Crippen molar-refractivity contribution >= 4 is 17.4 Å². The molecule has 2 aromatic heterocycles. The molecule has 3 aromatic carbocycles. The van der Waals surface area contributed by atoms with Gasteiger partial charge < -0.3 is 14.6 Å². The number of halogens is 2. The number of ether oxygens (including phenoxy) is 2. The number of hydrogen-bond donors (Lipinski definition) is 1. The van der Waals surface area contributed by atoms with Crippen LogP contribution in [-0.4, -0.2) is 33.9 Å². The van der Waals surface area contributed by atoms with Crippen LogP contribution in [0.4, 0.5) is 8.78 Å². The third-order valence-electron chi connectivity index (χ3n) is 5.63. The second-order valence-electron chi connectivity index (χ2n) is 7.84. The summed E-state index contributed by atoms with van der Waals surface area (Å²) in [5.74, 6) is -0.603. The monoisotopic (exact) mass is 505 g/mol. The molecule has 0 unspecified atom stereocenters. The van der Waals surface area contributed by atoms with Gasteiger partial charge in [-0.25, -0.2) is 13.8 Å². The quantitative estimate of drug-likeness (QED) is 0.260. The summed E-state index contributed by atoms with van der Waals surface area (Å²) in [5.41, 5.74) is 3.82. The van der Waals surface area contributed by atoms with E-state index in [1.165, 1.54) is 22.7 Å². The number of benzene rings is 3. The highest BCUT2D eigenvalue weighted by atomic mass is 32.2. The van der Waals surface area contributed by atoms with Crippen LogP contribution in [0.15, 0.2) is 77.7 Å². The second kappa shape index (κ2) is 9.87. The molecule has 5 rings (SSSR count). The molecule has 5 aromatic rings. The average molecular weight is 506 g/mol. The summed E-state index contributed by atoms with van der Waals surface area (Å²) in [6.07, 6.45) is 0. The van der Waals surface area contributed by atoms with Crippen LogP contribution in [0.3, 0.4) is 0 Å². The van der Waals surface area contributed by atoms with Gasteiger partial charge in [-0.2, -0.15) is 9.61 Å². The van der Waals surface area contributed by atoms with Crippen LogP contribution in [0.2, 0.25) is 0 Å². The molecule has 0 saturated carbocycles. The van der Waals surface area contributed by atoms with Crippen molar-refractivity contribution in [2.75, 3.05) is 14.2 Å². The van der Waals surface area contributed by atoms with E-state index in [2.05, 4.69) is 5.10 Å². The lowest BCUT2D eigenvalue weighted by molar-refractivity contribution is 0.355. The van der Waals surface area contributed by atoms with Gasteiger partial charge in [-0.15, -0.1) is 11.8 Å². The Bertz CT molecular complexity index is 1560. The smallest absolute Gasteiger partial charge is 0.215 e. The van der Waals surface area contributed by atoms with E-state index in [9.17, 15) is 13.9 Å². The van der Waals surface area contributed by atoms with Gasteiger partial charge in [0.1, 0.15) is 5.69 Å². The Labute approximate surface area is 210 Å². The lowest BCUT2D eigenvalue weighted by atomic mass is 10.0. The van der Waals surface area contributed by atoms with Gasteiger partial charge in [0.2, 0.25) is 5.88 Å². The molecule has 9 heteroatoms. The Kier molecular flexibility index (Phi) is 6.47. The lowest BCUT2D eigenvalue weighted by Crippen LogP contribution is -1.97. The number of nitrogens with zero attached hydrogens (tertiary/aromatic N) is 3. The van der Waals surface area contributed by atoms with Crippen LogP contribution in [0.1, 0.15) is 5.69 Å². The first-order chi connectivity index (χ1) is 17.5. The van der Waals surface area contributed by atoms with Crippen LogP contribution in [0.25, 0.3) is 28.0 Å². The molecule has 36 heavy (non-hydrogen) atoms. The van der Waals surface area contributed by atoms with Crippen LogP contribution in [0.5, 0.6) is 17.4 Å². The van der Waals surface area contributed by atoms with Gasteiger partial charge in [0, 0.05) is 22.3 Å². The van der Waals surface area contributed by atoms with Crippen LogP contribution < -0.4 is 9.47 Å². The molecule has 0 saturated heterocycles. The molecule has 2 heterocycles. The maximum absolute atomic E-state index is 14.1. The van der Waals surface area contributed by atoms with E-state index in [1.807, 2.05) is 42.5 Å². The van der Waals surface area contributed by atoms with E-state index < -0.39 is 11.6 Å². The highest BCUT2D eigenvalue weighted by molar-refractivity contribution is 7.98. The summed E-state index contributed by atoms with van der Waals surface area (Å²) < 4.78 is 39.9. The van der Waals surface area contributed by atoms with E-state index in [-0.39, 0.29) is 16.5 Å². The lowest BCUT2D eigenvalue weighted by Gasteiger charge is -2.09. The van der Waals surface area contributed by atoms with E-state index in [0.717, 1.165) is 29.0 Å². The van der Waals surface area contributed by atoms with Crippen molar-refractivity contribution in [3.05, 3.63) is 90.1 Å². The Balaban J connectivity index is 1.65. The first kappa shape index (κ1) is 23.6. The fourth-order valence-corrected chi connectivity index (χ4v) is 4.78. The molecule has 0 spiro atoms. The minimum Gasteiger partial charge on any atom is -0.493 e. The zero-order valence-corrected chi connectivity index (χ0v) is 20.2. The third kappa shape index (κ3) is 4.33. The number of aromatic hydroxyl groups is 1. The van der Waals surface area contributed by atoms with E-state index in [1.54, 1.807) is 20.3 Å². The number of methoxy groups -OCH3 is 2. The second-order valence-corrected chi connectivity index (χ2v) is 8.86. The minimum atomic E-state index is -0.909. The van der Waals surface area contributed by atoms with Gasteiger partial charge in [-0.1, -0.05) is 36.4 Å². The molecule has 0 bridgehead atoms. The van der Waals surface area contributed by atoms with Crippen molar-refractivity contribution in [3.8, 4) is 39.8 Å². The van der Waals surface area contributed by atoms with E-state index >= 15 is 0 Å². The van der Waals surface area contributed by atoms with Crippen molar-refractivity contribution in [1.29, 1.82) is 0 Å². The highest BCUT2D eigenvalue weighted by Crippen LogP contribution is 2.39. The van der Waals surface area contributed by atoms with Gasteiger partial charge in [0.25, 0.3) is 0 Å². The van der Waals surface area contributed by atoms with Gasteiger partial charge in [-0.3, -0.25) is 0 Å². The van der Waals surface area contributed by atoms with Crippen LogP contribution >= 0.6 is 11.8 Å². The molecule has 0 amide bonds. The zero-order chi connectivity index (χ0) is 25.2. The number of fused-ring (bicyclic) bond motifs is 1. The normalized spacial score (nSPS) is 11.1. The standard InChI is InChI=1S/C27H21F2N3O3S/c1-34-20-12-11-17(13-21(20)35-2)26-24(16-7-4-3-5-8-16)27-30-18(14-23(33)32(27)31-26)15-36-22-10-6-9-19(28)25(22)29/h3-14,33H,15H2,1-2H3. The molecular weight excluding hydrogens is 484 g/mol. The SMILES string of the molecule is COc1ccc(-c2nn3c(O)cc(CSc4cccc(F)c4F)nc3c2-c2ccccc2)cc1OC. The summed E-state index contributed by atoms with van der Waals surface area (Å²) in [5, 5.41) is 15.5. The number of hydrogen-bond acceptors (Lipinski definition) is 6. The molecule has 1 N–H and O–H groups in total. The van der Waals surface area contributed by atoms with Crippen molar-refractivity contribution < 1.29 is 23.4 Å². The van der Waals surface area contributed by atoms with E-state index in [4.69, 9.17) is 14.5 Å². The van der Waals surface area contributed by atoms with Crippen LogP contribution in [0, 0.1) is 11.6 Å². The molecule has 0 aliphatic carbocycles. The molecule has 0 fully saturated rings. The van der Waals surface area contributed by atoms with Crippen LogP contribution in [-0.2, 0) is 5.75 Å². The van der Waals surface area contributed by atoms with Crippen molar-refractivity contribution in [2.45, 2.75) is 10.6 Å². The van der Waals surface area contributed by atoms with Gasteiger partial charge in [0.05, 0.1) is 25.5 Å². The summed E-state index contributed by atoms with van der Waals surface area (Å²) >= 11 is 1.10. The molecular formula is C27H21F2N3O3S. The maximum atomic E-state index is 14.1. The number of thioether (sulfide) groups is 1. The number of rotatable bonds is 7. The maximum Gasteiger partial charge on any atom is 0.215 e. The summed E-state index contributed by atoms with van der Waals surface area (Å²) in [6.45, 7) is 0. The largest absolute Gasteiger partial charge is 0.493 e. The average Bonchev–Trinajstić information content (AvgIpc) is 3.29. The van der Waals surface area contributed by atoms with Gasteiger partial charge in [-0.05, 0) is 35.9 Å². The fraction of sp³-hybridized carbons (Fsp3) is 0.111. The number of aromatic nitrogens is 3. The Morgan fingerprint density at radius 2 is 1.67 bits per heavy atom. The topological polar surface area (TPSA) is 68.9 Å². The summed E-state index contributed by atoms with van der Waals surface area (Å²) in [7, 11) is 3.12. The first-order valence-electron chi connectivity index (χ1n) is 11.0. The Hall–Kier alpha value is -4.11. The molecule has 182 valence electrons. The van der Waals surface area contributed by atoms with Gasteiger partial charge >= 0.3 is 0 Å². The highest BCUT2D eigenvalue weighted by Gasteiger charge is 2.21.